The van der Waals surface area contributed by atoms with E-state index in [0.29, 0.717) is 24.2 Å². The van der Waals surface area contributed by atoms with Crippen LogP contribution in [0.4, 0.5) is 23.3 Å². The van der Waals surface area contributed by atoms with Gasteiger partial charge in [-0.1, -0.05) is 26.0 Å². The molecule has 3 N–H and O–H groups in total. The van der Waals surface area contributed by atoms with Crippen molar-refractivity contribution < 1.29 is 4.79 Å². The first kappa shape index (κ1) is 19.7. The average Bonchev–Trinajstić information content (AvgIpc) is 2.80. The van der Waals surface area contributed by atoms with Crippen molar-refractivity contribution >= 4 is 35.3 Å². The highest BCUT2D eigenvalue weighted by molar-refractivity contribution is 5.92. The van der Waals surface area contributed by atoms with Gasteiger partial charge in [0.25, 0.3) is 0 Å². The van der Waals surface area contributed by atoms with Gasteiger partial charge in [0.2, 0.25) is 11.9 Å². The minimum Gasteiger partial charge on any atom is -0.368 e. The quantitative estimate of drug-likeness (QED) is 0.683. The largest absolute Gasteiger partial charge is 0.368 e. The molecule has 3 aliphatic heterocycles. The van der Waals surface area contributed by atoms with Crippen LogP contribution in [0, 0.1) is 5.92 Å². The lowest BCUT2D eigenvalue weighted by Crippen LogP contribution is -2.62. The van der Waals surface area contributed by atoms with Crippen LogP contribution in [0.25, 0.3) is 6.08 Å². The summed E-state index contributed by atoms with van der Waals surface area (Å²) in [6, 6.07) is 3.86. The molecule has 2 saturated heterocycles. The van der Waals surface area contributed by atoms with Crippen molar-refractivity contribution in [1.29, 1.82) is 0 Å². The normalized spacial score (nSPS) is 22.7. The van der Waals surface area contributed by atoms with E-state index in [1.165, 1.54) is 0 Å². The molecule has 9 heteroatoms. The molecule has 5 heterocycles. The van der Waals surface area contributed by atoms with E-state index < -0.39 is 0 Å². The van der Waals surface area contributed by atoms with Gasteiger partial charge in [-0.2, -0.15) is 4.98 Å². The Morgan fingerprint density at radius 1 is 1.16 bits per heavy atom. The van der Waals surface area contributed by atoms with Crippen LogP contribution in [0.5, 0.6) is 0 Å². The first-order valence-electron chi connectivity index (χ1n) is 10.9. The molecule has 0 saturated carbocycles. The Morgan fingerprint density at radius 3 is 2.74 bits per heavy atom. The summed E-state index contributed by atoms with van der Waals surface area (Å²) in [6.45, 7) is 8.90. The molecule has 2 aromatic rings. The van der Waals surface area contributed by atoms with E-state index in [0.717, 1.165) is 43.2 Å². The Bertz CT molecular complexity index is 984. The fraction of sp³-hybridized carbons (Fsp3) is 0.455. The molecule has 9 nitrogen and oxygen atoms in total. The van der Waals surface area contributed by atoms with Crippen molar-refractivity contribution in [2.45, 2.75) is 25.9 Å². The second-order valence-corrected chi connectivity index (χ2v) is 8.50. The third-order valence-electron chi connectivity index (χ3n) is 6.15. The average molecular weight is 421 g/mol. The molecule has 0 radical (unpaired) electrons. The fourth-order valence-corrected chi connectivity index (χ4v) is 4.41. The molecule has 3 aliphatic rings. The van der Waals surface area contributed by atoms with Gasteiger partial charge < -0.3 is 25.8 Å². The molecular formula is C22H28N8O. The number of nitrogens with one attached hydrogen (secondary N) is 3. The Balaban J connectivity index is 1.39. The van der Waals surface area contributed by atoms with Crippen LogP contribution in [0.15, 0.2) is 30.6 Å². The second kappa shape index (κ2) is 8.14. The Hall–Kier alpha value is -3.20. The zero-order chi connectivity index (χ0) is 21.4. The number of aromatic nitrogens is 3. The molecule has 162 valence electrons. The summed E-state index contributed by atoms with van der Waals surface area (Å²) in [5.74, 6) is 2.34. The summed E-state index contributed by atoms with van der Waals surface area (Å²) >= 11 is 0. The molecule has 0 spiro atoms. The van der Waals surface area contributed by atoms with Crippen LogP contribution in [0.3, 0.4) is 0 Å². The summed E-state index contributed by atoms with van der Waals surface area (Å²) in [6.07, 6.45) is 7.55. The molecule has 5 rings (SSSR count). The highest BCUT2D eigenvalue weighted by atomic mass is 16.2. The third kappa shape index (κ3) is 3.81. The number of amides is 1. The van der Waals surface area contributed by atoms with Gasteiger partial charge in [0, 0.05) is 44.5 Å². The number of carbonyl (C=O) groups excluding carboxylic acids is 1. The fourth-order valence-electron chi connectivity index (χ4n) is 4.41. The van der Waals surface area contributed by atoms with Crippen molar-refractivity contribution in [1.82, 2.24) is 25.6 Å². The SMILES string of the molecule is CC(C)C1CNC(=O)C2C=Cc3cnc(Nc4ccc(N5CCNCC5)cn4)nc3N21. The standard InChI is InChI=1S/C22H28N8O/c1-14(2)18-13-25-21(31)17-5-3-15-11-26-22(28-20(15)30(17)18)27-19-6-4-16(12-24-19)29-9-7-23-8-10-29/h3-6,11-12,14,17-18,23H,7-10,13H2,1-2H3,(H,25,31)(H,24,26,27,28). The summed E-state index contributed by atoms with van der Waals surface area (Å²) in [7, 11) is 0. The number of fused-ring (bicyclic) bond motifs is 3. The number of anilines is 4. The topological polar surface area (TPSA) is 98.3 Å². The molecule has 1 amide bonds. The van der Waals surface area contributed by atoms with Crippen molar-refractivity contribution in [3.8, 4) is 0 Å². The summed E-state index contributed by atoms with van der Waals surface area (Å²) in [5, 5.41) is 9.60. The number of pyridine rings is 1. The van der Waals surface area contributed by atoms with Gasteiger partial charge in [-0.05, 0) is 18.1 Å². The van der Waals surface area contributed by atoms with E-state index in [1.54, 1.807) is 6.20 Å². The predicted octanol–water partition coefficient (Wildman–Crippen LogP) is 1.38. The number of hydrogen-bond acceptors (Lipinski definition) is 8. The van der Waals surface area contributed by atoms with Crippen LogP contribution in [0.2, 0.25) is 0 Å². The van der Waals surface area contributed by atoms with Gasteiger partial charge in [-0.15, -0.1) is 0 Å². The predicted molar refractivity (Wildman–Crippen MR) is 122 cm³/mol. The van der Waals surface area contributed by atoms with E-state index in [9.17, 15) is 4.79 Å². The van der Waals surface area contributed by atoms with E-state index in [-0.39, 0.29) is 18.0 Å². The lowest BCUT2D eigenvalue weighted by molar-refractivity contribution is -0.122. The zero-order valence-electron chi connectivity index (χ0n) is 17.9. The maximum absolute atomic E-state index is 12.5. The van der Waals surface area contributed by atoms with Gasteiger partial charge in [-0.3, -0.25) is 4.79 Å². The zero-order valence-corrected chi connectivity index (χ0v) is 17.9. The molecular weight excluding hydrogens is 392 g/mol. The van der Waals surface area contributed by atoms with E-state index in [2.05, 4.69) is 55.6 Å². The van der Waals surface area contributed by atoms with Crippen molar-refractivity contribution in [2.24, 2.45) is 5.92 Å². The van der Waals surface area contributed by atoms with Crippen LogP contribution in [0.1, 0.15) is 19.4 Å². The van der Waals surface area contributed by atoms with Crippen molar-refractivity contribution in [2.75, 3.05) is 47.8 Å². The maximum Gasteiger partial charge on any atom is 0.246 e. The Morgan fingerprint density at radius 2 is 2.00 bits per heavy atom. The maximum atomic E-state index is 12.5. The molecule has 2 aromatic heterocycles. The van der Waals surface area contributed by atoms with Crippen LogP contribution in [-0.4, -0.2) is 65.7 Å². The van der Waals surface area contributed by atoms with Gasteiger partial charge in [-0.25, -0.2) is 9.97 Å². The minimum atomic E-state index is -0.340. The van der Waals surface area contributed by atoms with E-state index in [4.69, 9.17) is 4.98 Å². The number of hydrogen-bond donors (Lipinski definition) is 3. The highest BCUT2D eigenvalue weighted by Crippen LogP contribution is 2.33. The number of rotatable bonds is 4. The molecule has 31 heavy (non-hydrogen) atoms. The van der Waals surface area contributed by atoms with E-state index in [1.807, 2.05) is 24.4 Å². The monoisotopic (exact) mass is 420 g/mol. The lowest BCUT2D eigenvalue weighted by Gasteiger charge is -2.45. The number of nitrogens with zero attached hydrogens (tertiary/aromatic N) is 5. The first-order chi connectivity index (χ1) is 15.1. The molecule has 2 fully saturated rings. The summed E-state index contributed by atoms with van der Waals surface area (Å²) in [4.78, 5) is 30.7. The van der Waals surface area contributed by atoms with E-state index >= 15 is 0 Å². The van der Waals surface area contributed by atoms with Gasteiger partial charge in [0.05, 0.1) is 17.9 Å². The minimum absolute atomic E-state index is 0.0112. The molecule has 0 aromatic carbocycles. The Kier molecular flexibility index (Phi) is 5.19. The van der Waals surface area contributed by atoms with Crippen LogP contribution >= 0.6 is 0 Å². The molecule has 2 unspecified atom stereocenters. The van der Waals surface area contributed by atoms with Crippen LogP contribution in [-0.2, 0) is 4.79 Å². The second-order valence-electron chi connectivity index (χ2n) is 8.50. The number of piperazine rings is 2. The first-order valence-corrected chi connectivity index (χ1v) is 10.9. The summed E-state index contributed by atoms with van der Waals surface area (Å²) in [5.41, 5.74) is 2.04. The van der Waals surface area contributed by atoms with Crippen molar-refractivity contribution in [3.05, 3.63) is 36.2 Å². The third-order valence-corrected chi connectivity index (χ3v) is 6.15. The highest BCUT2D eigenvalue weighted by Gasteiger charge is 2.39. The molecule has 0 aliphatic carbocycles. The summed E-state index contributed by atoms with van der Waals surface area (Å²) < 4.78 is 0. The van der Waals surface area contributed by atoms with Gasteiger partial charge in [0.1, 0.15) is 17.7 Å². The molecule has 2 atom stereocenters. The van der Waals surface area contributed by atoms with Gasteiger partial charge in [0.15, 0.2) is 0 Å². The smallest absolute Gasteiger partial charge is 0.246 e. The Labute approximate surface area is 182 Å². The van der Waals surface area contributed by atoms with Gasteiger partial charge >= 0.3 is 0 Å². The molecule has 0 bridgehead atoms. The lowest BCUT2D eigenvalue weighted by atomic mass is 9.94. The van der Waals surface area contributed by atoms with Crippen LogP contribution < -0.4 is 25.8 Å². The van der Waals surface area contributed by atoms with Crippen molar-refractivity contribution in [3.63, 3.8) is 0 Å². The number of carbonyl (C=O) groups is 1.